The van der Waals surface area contributed by atoms with Gasteiger partial charge in [0.25, 0.3) is 11.0 Å². The van der Waals surface area contributed by atoms with Crippen LogP contribution in [-0.2, 0) is 11.0 Å². The first-order valence-electron chi connectivity index (χ1n) is 5.06. The molecule has 0 heterocycles. The molecule has 6 nitrogen and oxygen atoms in total. The number of aliphatic hydroxyl groups excluding tert-OH is 2. The summed E-state index contributed by atoms with van der Waals surface area (Å²) in [4.78, 5) is 1.78. The monoisotopic (exact) mass is 261 g/mol. The second-order valence-electron chi connectivity index (χ2n) is 3.24. The smallest absolute Gasteiger partial charge is 0.299 e. The first-order valence-corrected chi connectivity index (χ1v) is 6.16. The number of hydrogen-bond acceptors (Lipinski definition) is 6. The van der Waals surface area contributed by atoms with Crippen molar-refractivity contribution in [2.45, 2.75) is 0 Å². The van der Waals surface area contributed by atoms with Gasteiger partial charge in [0.2, 0.25) is 0 Å². The van der Waals surface area contributed by atoms with E-state index in [-0.39, 0.29) is 19.0 Å². The molecule has 0 saturated heterocycles. The Morgan fingerprint density at radius 1 is 1.06 bits per heavy atom. The van der Waals surface area contributed by atoms with Crippen molar-refractivity contribution in [1.82, 2.24) is 0 Å². The van der Waals surface area contributed by atoms with Crippen molar-refractivity contribution in [3.63, 3.8) is 0 Å². The van der Waals surface area contributed by atoms with Gasteiger partial charge in [0.05, 0.1) is 13.2 Å². The molecule has 0 bridgehead atoms. The van der Waals surface area contributed by atoms with Crippen molar-refractivity contribution in [1.29, 1.82) is 0 Å². The zero-order valence-corrected chi connectivity index (χ0v) is 10.0. The Hall–Kier alpha value is -1.31. The Kier molecular flexibility index (Phi) is 5.75. The van der Waals surface area contributed by atoms with Gasteiger partial charge in [-0.25, -0.2) is 0 Å². The molecule has 0 unspecified atom stereocenters. The minimum Gasteiger partial charge on any atom is -0.395 e. The fourth-order valence-electron chi connectivity index (χ4n) is 1.42. The highest BCUT2D eigenvalue weighted by Crippen LogP contribution is 2.19. The number of thiol groups is 1. The van der Waals surface area contributed by atoms with E-state index in [0.717, 1.165) is 5.69 Å². The molecule has 0 aromatic heterocycles. The minimum atomic E-state index is -2.91. The van der Waals surface area contributed by atoms with E-state index in [1.807, 2.05) is 0 Å². The molecule has 17 heavy (non-hydrogen) atoms. The van der Waals surface area contributed by atoms with Crippen LogP contribution in [0.5, 0.6) is 5.75 Å². The van der Waals surface area contributed by atoms with Crippen molar-refractivity contribution < 1.29 is 22.8 Å². The SMILES string of the molecule is O=[SH](=O)Oc1ccc(N(CCO)CCO)cc1. The van der Waals surface area contributed by atoms with Crippen LogP contribution >= 0.6 is 0 Å². The van der Waals surface area contributed by atoms with Crippen molar-refractivity contribution in [3.05, 3.63) is 24.3 Å². The van der Waals surface area contributed by atoms with Crippen LogP contribution in [0.3, 0.4) is 0 Å². The summed E-state index contributed by atoms with van der Waals surface area (Å²) in [5, 5.41) is 17.7. The van der Waals surface area contributed by atoms with Gasteiger partial charge in [-0.1, -0.05) is 0 Å². The first-order chi connectivity index (χ1) is 8.17. The van der Waals surface area contributed by atoms with E-state index in [0.29, 0.717) is 13.1 Å². The molecule has 96 valence electrons. The van der Waals surface area contributed by atoms with Crippen LogP contribution in [0.1, 0.15) is 0 Å². The van der Waals surface area contributed by atoms with Crippen LogP contribution in [0.25, 0.3) is 0 Å². The van der Waals surface area contributed by atoms with E-state index in [9.17, 15) is 8.42 Å². The summed E-state index contributed by atoms with van der Waals surface area (Å²) in [5.74, 6) is 0.234. The molecule has 0 amide bonds. The fourth-order valence-corrected chi connectivity index (χ4v) is 1.71. The second kappa shape index (κ2) is 7.10. The van der Waals surface area contributed by atoms with Crippen molar-refractivity contribution in [2.24, 2.45) is 0 Å². The number of anilines is 1. The maximum atomic E-state index is 10.3. The summed E-state index contributed by atoms with van der Waals surface area (Å²) in [7, 11) is -2.91. The van der Waals surface area contributed by atoms with Crippen molar-refractivity contribution in [2.75, 3.05) is 31.2 Å². The van der Waals surface area contributed by atoms with E-state index >= 15 is 0 Å². The maximum Gasteiger partial charge on any atom is 0.299 e. The molecule has 1 aromatic rings. The van der Waals surface area contributed by atoms with E-state index in [2.05, 4.69) is 4.18 Å². The minimum absolute atomic E-state index is 0.0231. The lowest BCUT2D eigenvalue weighted by molar-refractivity contribution is 0.281. The molecule has 0 aliphatic heterocycles. The summed E-state index contributed by atoms with van der Waals surface area (Å²) in [5.41, 5.74) is 0.779. The Morgan fingerprint density at radius 3 is 2.00 bits per heavy atom. The molecular formula is C10H15NO5S. The number of nitrogens with zero attached hydrogens (tertiary/aromatic N) is 1. The molecule has 0 saturated carbocycles. The topological polar surface area (TPSA) is 87.1 Å². The molecule has 2 N–H and O–H groups in total. The fraction of sp³-hybridized carbons (Fsp3) is 0.400. The van der Waals surface area contributed by atoms with E-state index < -0.39 is 11.0 Å². The standard InChI is InChI=1S/C10H15NO5S/c12-7-5-11(6-8-13)9-1-3-10(4-2-9)16-17(14)15/h1-4,12-13,17H,5-8H2. The average Bonchev–Trinajstić information content (AvgIpc) is 2.29. The summed E-state index contributed by atoms with van der Waals surface area (Å²) in [6.45, 7) is 0.752. The second-order valence-corrected chi connectivity index (χ2v) is 3.87. The molecule has 0 aliphatic rings. The highest BCUT2D eigenvalue weighted by molar-refractivity contribution is 7.67. The third-order valence-corrected chi connectivity index (χ3v) is 2.48. The molecule has 7 heteroatoms. The van der Waals surface area contributed by atoms with Gasteiger partial charge in [-0.3, -0.25) is 0 Å². The maximum absolute atomic E-state index is 10.3. The molecule has 0 atom stereocenters. The van der Waals surface area contributed by atoms with E-state index in [1.54, 1.807) is 17.0 Å². The van der Waals surface area contributed by atoms with Gasteiger partial charge in [-0.15, -0.1) is 0 Å². The third kappa shape index (κ3) is 4.59. The summed E-state index contributed by atoms with van der Waals surface area (Å²) in [6.07, 6.45) is 0. The lowest BCUT2D eigenvalue weighted by Gasteiger charge is -2.22. The third-order valence-electron chi connectivity index (χ3n) is 2.12. The zero-order valence-electron chi connectivity index (χ0n) is 9.15. The zero-order chi connectivity index (χ0) is 12.7. The molecule has 0 spiro atoms. The van der Waals surface area contributed by atoms with Crippen LogP contribution in [0, 0.1) is 0 Å². The van der Waals surface area contributed by atoms with Gasteiger partial charge in [0, 0.05) is 18.8 Å². The Bertz CT molecular complexity index is 390. The summed E-state index contributed by atoms with van der Waals surface area (Å²) < 4.78 is 25.2. The Balaban J connectivity index is 2.76. The lowest BCUT2D eigenvalue weighted by Crippen LogP contribution is -2.29. The average molecular weight is 261 g/mol. The van der Waals surface area contributed by atoms with Crippen LogP contribution < -0.4 is 9.08 Å². The summed E-state index contributed by atoms with van der Waals surface area (Å²) >= 11 is 0. The highest BCUT2D eigenvalue weighted by atomic mass is 32.2. The molecule has 1 rings (SSSR count). The van der Waals surface area contributed by atoms with Gasteiger partial charge in [0.15, 0.2) is 0 Å². The molecule has 0 radical (unpaired) electrons. The van der Waals surface area contributed by atoms with Crippen molar-refractivity contribution in [3.8, 4) is 5.75 Å². The number of benzene rings is 1. The van der Waals surface area contributed by atoms with Crippen molar-refractivity contribution >= 4 is 16.7 Å². The summed E-state index contributed by atoms with van der Waals surface area (Å²) in [6, 6.07) is 6.36. The van der Waals surface area contributed by atoms with Gasteiger partial charge in [0.1, 0.15) is 5.75 Å². The van der Waals surface area contributed by atoms with Gasteiger partial charge < -0.3 is 19.3 Å². The van der Waals surface area contributed by atoms with Crippen LogP contribution in [-0.4, -0.2) is 44.9 Å². The predicted molar refractivity (Wildman–Crippen MR) is 63.8 cm³/mol. The molecule has 0 aliphatic carbocycles. The Morgan fingerprint density at radius 2 is 1.59 bits per heavy atom. The van der Waals surface area contributed by atoms with Crippen LogP contribution in [0.4, 0.5) is 5.69 Å². The quantitative estimate of drug-likeness (QED) is 0.567. The van der Waals surface area contributed by atoms with E-state index in [1.165, 1.54) is 12.1 Å². The van der Waals surface area contributed by atoms with Gasteiger partial charge in [-0.05, 0) is 24.3 Å². The number of hydrogen-bond donors (Lipinski definition) is 3. The number of rotatable bonds is 7. The Labute approximate surface area is 101 Å². The largest absolute Gasteiger partial charge is 0.395 e. The molecule has 0 fully saturated rings. The lowest BCUT2D eigenvalue weighted by atomic mass is 10.2. The van der Waals surface area contributed by atoms with Gasteiger partial charge in [-0.2, -0.15) is 8.42 Å². The normalized spacial score (nSPS) is 10.5. The predicted octanol–water partition coefficient (Wildman–Crippen LogP) is -0.617. The molecule has 1 aromatic carbocycles. The van der Waals surface area contributed by atoms with Crippen LogP contribution in [0.2, 0.25) is 0 Å². The van der Waals surface area contributed by atoms with Crippen LogP contribution in [0.15, 0.2) is 24.3 Å². The highest BCUT2D eigenvalue weighted by Gasteiger charge is 2.05. The number of aliphatic hydroxyl groups is 2. The van der Waals surface area contributed by atoms with Gasteiger partial charge >= 0.3 is 0 Å². The first kappa shape index (κ1) is 13.8. The molecular weight excluding hydrogens is 246 g/mol. The van der Waals surface area contributed by atoms with E-state index in [4.69, 9.17) is 10.2 Å².